The summed E-state index contributed by atoms with van der Waals surface area (Å²) < 4.78 is 18.9. The molecule has 10 heteroatoms. The van der Waals surface area contributed by atoms with Gasteiger partial charge < -0.3 is 29.4 Å². The topological polar surface area (TPSA) is 110 Å². The molecule has 0 bridgehead atoms. The molecule has 0 radical (unpaired) electrons. The highest BCUT2D eigenvalue weighted by atomic mass is 79.9. The van der Waals surface area contributed by atoms with Crippen molar-refractivity contribution in [3.8, 4) is 11.5 Å². The van der Waals surface area contributed by atoms with Crippen molar-refractivity contribution in [1.82, 2.24) is 10.3 Å². The molecule has 1 aromatic heterocycles. The number of aryl methyl sites for hydroxylation is 2. The van der Waals surface area contributed by atoms with Gasteiger partial charge in [-0.1, -0.05) is 0 Å². The maximum atomic E-state index is 13.6. The van der Waals surface area contributed by atoms with E-state index in [1.807, 2.05) is 54.5 Å². The Labute approximate surface area is 244 Å². The molecule has 0 saturated heterocycles. The average molecular weight is 619 g/mol. The molecule has 9 nitrogen and oxygen atoms in total. The second-order valence-corrected chi connectivity index (χ2v) is 13.0. The summed E-state index contributed by atoms with van der Waals surface area (Å²) >= 11 is 3.59. The monoisotopic (exact) mass is 617 g/mol. The van der Waals surface area contributed by atoms with Crippen molar-refractivity contribution in [1.29, 1.82) is 0 Å². The Morgan fingerprint density at radius 3 is 2.35 bits per heavy atom. The molecule has 2 N–H and O–H groups in total. The highest BCUT2D eigenvalue weighted by Crippen LogP contribution is 2.52. The van der Waals surface area contributed by atoms with Gasteiger partial charge in [-0.2, -0.15) is 0 Å². The molecule has 2 amide bonds. The maximum Gasteiger partial charge on any atom is 0.407 e. The van der Waals surface area contributed by atoms with Gasteiger partial charge >= 0.3 is 6.09 Å². The van der Waals surface area contributed by atoms with E-state index in [4.69, 9.17) is 14.2 Å². The number of ether oxygens (including phenoxy) is 3. The van der Waals surface area contributed by atoms with E-state index in [1.165, 1.54) is 4.90 Å². The fourth-order valence-electron chi connectivity index (χ4n) is 5.71. The number of nitrogens with one attached hydrogen (secondary N) is 2. The molecular formula is C30H40BrN3O6. The summed E-state index contributed by atoms with van der Waals surface area (Å²) in [4.78, 5) is 42.5. The number of H-pyrrole nitrogens is 1. The van der Waals surface area contributed by atoms with Crippen molar-refractivity contribution in [3.63, 3.8) is 0 Å². The molecule has 1 unspecified atom stereocenters. The van der Waals surface area contributed by atoms with Crippen molar-refractivity contribution in [2.45, 2.75) is 85.5 Å². The van der Waals surface area contributed by atoms with Crippen LogP contribution in [-0.2, 0) is 4.74 Å². The molecule has 218 valence electrons. The lowest BCUT2D eigenvalue weighted by atomic mass is 9.78. The molecule has 1 aliphatic carbocycles. The Kier molecular flexibility index (Phi) is 8.32. The minimum atomic E-state index is -0.878. The molecule has 1 atom stereocenters. The van der Waals surface area contributed by atoms with E-state index in [-0.39, 0.29) is 17.4 Å². The number of hydrogen-bond acceptors (Lipinski definition) is 6. The molecule has 1 aliphatic heterocycles. The zero-order valence-electron chi connectivity index (χ0n) is 24.6. The highest BCUT2D eigenvalue weighted by molar-refractivity contribution is 9.10. The van der Waals surface area contributed by atoms with E-state index in [1.54, 1.807) is 13.1 Å². The summed E-state index contributed by atoms with van der Waals surface area (Å²) in [7, 11) is 1.60. The fourth-order valence-corrected chi connectivity index (χ4v) is 6.20. The summed E-state index contributed by atoms with van der Waals surface area (Å²) in [5.74, 6) is 0.428. The van der Waals surface area contributed by atoms with Crippen LogP contribution >= 0.6 is 15.9 Å². The molecule has 1 saturated carbocycles. The smallest absolute Gasteiger partial charge is 0.407 e. The van der Waals surface area contributed by atoms with Crippen LogP contribution in [0, 0.1) is 32.6 Å². The van der Waals surface area contributed by atoms with Crippen LogP contribution in [0.25, 0.3) is 0 Å². The number of rotatable bonds is 5. The molecule has 2 aromatic rings. The third-order valence-electron chi connectivity index (χ3n) is 7.77. The van der Waals surface area contributed by atoms with Crippen LogP contribution in [0.5, 0.6) is 11.5 Å². The normalized spacial score (nSPS) is 22.1. The number of anilines is 1. The van der Waals surface area contributed by atoms with Crippen molar-refractivity contribution in [3.05, 3.63) is 49.3 Å². The first-order chi connectivity index (χ1) is 18.6. The predicted molar refractivity (Wildman–Crippen MR) is 157 cm³/mol. The van der Waals surface area contributed by atoms with E-state index in [9.17, 15) is 14.4 Å². The van der Waals surface area contributed by atoms with E-state index in [0.29, 0.717) is 45.2 Å². The summed E-state index contributed by atoms with van der Waals surface area (Å²) in [5, 5.41) is 2.89. The van der Waals surface area contributed by atoms with Gasteiger partial charge in [0.25, 0.3) is 17.3 Å². The number of carbonyl (C=O) groups is 2. The van der Waals surface area contributed by atoms with Gasteiger partial charge in [0, 0.05) is 43.3 Å². The molecule has 4 rings (SSSR count). The summed E-state index contributed by atoms with van der Waals surface area (Å²) in [5.41, 5.74) is 2.03. The number of halogens is 1. The Morgan fingerprint density at radius 2 is 1.75 bits per heavy atom. The molecule has 1 fully saturated rings. The highest BCUT2D eigenvalue weighted by Gasteiger charge is 2.47. The summed E-state index contributed by atoms with van der Waals surface area (Å²) in [6.45, 7) is 13.5. The molecule has 1 aromatic carbocycles. The van der Waals surface area contributed by atoms with Crippen LogP contribution < -0.4 is 25.2 Å². The molecule has 40 heavy (non-hydrogen) atoms. The predicted octanol–water partition coefficient (Wildman–Crippen LogP) is 6.16. The SMILES string of the molecule is Cc1cc(C)c(N(C)C(=O)c2cc(Br)c3c(c2C)OC(C)([C@H]2CC[C@H](CNC(=O)OC(C)(C)C)CC2)O3)c(=O)[nH]1. The lowest BCUT2D eigenvalue weighted by Crippen LogP contribution is -2.45. The van der Waals surface area contributed by atoms with Crippen LogP contribution in [-0.4, -0.2) is 42.0 Å². The fraction of sp³-hybridized carbons (Fsp3) is 0.567. The molecule has 0 spiro atoms. The second-order valence-electron chi connectivity index (χ2n) is 12.2. The molecule has 2 heterocycles. The van der Waals surface area contributed by atoms with Gasteiger partial charge in [-0.3, -0.25) is 9.59 Å². The third-order valence-corrected chi connectivity index (χ3v) is 8.36. The van der Waals surface area contributed by atoms with E-state index < -0.39 is 17.5 Å². The zero-order chi connectivity index (χ0) is 29.6. The number of benzene rings is 1. The number of carbonyl (C=O) groups excluding carboxylic acids is 2. The number of aromatic nitrogens is 1. The first-order valence-electron chi connectivity index (χ1n) is 13.8. The maximum absolute atomic E-state index is 13.6. The van der Waals surface area contributed by atoms with Crippen LogP contribution in [0.4, 0.5) is 10.5 Å². The second kappa shape index (κ2) is 11.1. The summed E-state index contributed by atoms with van der Waals surface area (Å²) in [6, 6.07) is 3.58. The summed E-state index contributed by atoms with van der Waals surface area (Å²) in [6.07, 6.45) is 3.23. The van der Waals surface area contributed by atoms with Crippen LogP contribution in [0.1, 0.15) is 80.6 Å². The molecule has 2 aliphatic rings. The Bertz CT molecular complexity index is 1370. The average Bonchev–Trinajstić information content (AvgIpc) is 3.23. The van der Waals surface area contributed by atoms with Gasteiger partial charge in [-0.15, -0.1) is 0 Å². The number of alkyl carbamates (subject to hydrolysis) is 1. The van der Waals surface area contributed by atoms with Gasteiger partial charge in [-0.25, -0.2) is 4.79 Å². The quantitative estimate of drug-likeness (QED) is 0.416. The van der Waals surface area contributed by atoms with E-state index in [0.717, 1.165) is 36.9 Å². The standard InChI is InChI=1S/C30H40BrN3O6/c1-16-13-17(2)33-26(35)23(16)34(8)27(36)21-14-22(31)25-24(18(21)3)38-30(7,39-25)20-11-9-19(10-12-20)15-32-28(37)40-29(4,5)6/h13-14,19-20H,9-12,15H2,1-8H3,(H,32,37)(H,33,35)/t19-,20-,30?. The number of fused-ring (bicyclic) bond motifs is 1. The van der Waals surface area contributed by atoms with Crippen LogP contribution in [0.15, 0.2) is 21.4 Å². The Balaban J connectivity index is 1.46. The van der Waals surface area contributed by atoms with Crippen molar-refractivity contribution >= 4 is 33.6 Å². The largest absolute Gasteiger partial charge is 0.448 e. The number of hydrogen-bond donors (Lipinski definition) is 2. The lowest BCUT2D eigenvalue weighted by Gasteiger charge is -2.37. The van der Waals surface area contributed by atoms with Gasteiger partial charge in [0.2, 0.25) is 0 Å². The zero-order valence-corrected chi connectivity index (χ0v) is 26.2. The van der Waals surface area contributed by atoms with Crippen LogP contribution in [0.3, 0.4) is 0 Å². The minimum Gasteiger partial charge on any atom is -0.448 e. The Hall–Kier alpha value is -3.01. The number of amides is 2. The third kappa shape index (κ3) is 6.16. The van der Waals surface area contributed by atoms with Crippen molar-refractivity contribution < 1.29 is 23.8 Å². The van der Waals surface area contributed by atoms with Gasteiger partial charge in [0.1, 0.15) is 11.3 Å². The number of aromatic amines is 1. The number of pyridine rings is 1. The van der Waals surface area contributed by atoms with Gasteiger partial charge in [0.15, 0.2) is 11.5 Å². The van der Waals surface area contributed by atoms with Crippen molar-refractivity contribution in [2.24, 2.45) is 11.8 Å². The minimum absolute atomic E-state index is 0.138. The first-order valence-corrected chi connectivity index (χ1v) is 14.6. The van der Waals surface area contributed by atoms with Crippen LogP contribution in [0.2, 0.25) is 0 Å². The van der Waals surface area contributed by atoms with Gasteiger partial charge in [0.05, 0.1) is 4.47 Å². The van der Waals surface area contributed by atoms with Gasteiger partial charge in [-0.05, 0) is 107 Å². The van der Waals surface area contributed by atoms with E-state index >= 15 is 0 Å². The number of nitrogens with zero attached hydrogens (tertiary/aromatic N) is 1. The Morgan fingerprint density at radius 1 is 1.12 bits per heavy atom. The lowest BCUT2D eigenvalue weighted by molar-refractivity contribution is -0.123. The molecular weight excluding hydrogens is 578 g/mol. The van der Waals surface area contributed by atoms with E-state index in [2.05, 4.69) is 26.2 Å². The first kappa shape index (κ1) is 30.0. The van der Waals surface area contributed by atoms with Crippen molar-refractivity contribution in [2.75, 3.05) is 18.5 Å².